The van der Waals surface area contributed by atoms with Crippen LogP contribution in [0, 0.1) is 5.82 Å². The number of benzene rings is 2. The van der Waals surface area contributed by atoms with Gasteiger partial charge in [0.05, 0.1) is 0 Å². The number of rotatable bonds is 2. The second kappa shape index (κ2) is 3.89. The molecule has 0 aliphatic rings. The average Bonchev–Trinajstić information content (AvgIpc) is 2.24. The number of hydrogen-bond acceptors (Lipinski definition) is 1. The molecule has 0 unspecified atom stereocenters. The number of fused-ring (bicyclic) bond motifs is 1. The van der Waals surface area contributed by atoms with Crippen molar-refractivity contribution in [3.05, 3.63) is 41.7 Å². The van der Waals surface area contributed by atoms with E-state index in [4.69, 9.17) is 0 Å². The molecular formula is C13H13FO. The van der Waals surface area contributed by atoms with Crippen molar-refractivity contribution in [3.8, 4) is 5.75 Å². The molecule has 2 aromatic carbocycles. The third-order valence-corrected chi connectivity index (χ3v) is 2.54. The molecule has 0 aliphatic carbocycles. The molecule has 0 saturated heterocycles. The van der Waals surface area contributed by atoms with E-state index in [0.29, 0.717) is 5.39 Å². The number of halogens is 1. The molecular weight excluding hydrogens is 191 g/mol. The zero-order chi connectivity index (χ0) is 10.8. The number of hydrogen-bond donors (Lipinski definition) is 1. The van der Waals surface area contributed by atoms with E-state index in [9.17, 15) is 9.50 Å². The largest absolute Gasteiger partial charge is 0.505 e. The van der Waals surface area contributed by atoms with E-state index >= 15 is 0 Å². The highest BCUT2D eigenvalue weighted by atomic mass is 19.1. The maximum atomic E-state index is 13.5. The summed E-state index contributed by atoms with van der Waals surface area (Å²) in [5.41, 5.74) is 1.20. The molecule has 1 N–H and O–H groups in total. The van der Waals surface area contributed by atoms with Crippen molar-refractivity contribution >= 4 is 10.8 Å². The minimum atomic E-state index is -0.532. The molecule has 0 heterocycles. The zero-order valence-corrected chi connectivity index (χ0v) is 8.63. The highest BCUT2D eigenvalue weighted by Gasteiger charge is 2.05. The van der Waals surface area contributed by atoms with Crippen LogP contribution in [0.15, 0.2) is 30.3 Å². The summed E-state index contributed by atoms with van der Waals surface area (Å²) in [7, 11) is 0. The van der Waals surface area contributed by atoms with Gasteiger partial charge in [-0.1, -0.05) is 37.6 Å². The standard InChI is InChI=1S/C13H13FO/c1-2-3-9-4-6-11-10(8-9)5-7-12(15)13(11)14/h4-8,15H,2-3H2,1H3. The molecule has 0 amide bonds. The van der Waals surface area contributed by atoms with Crippen molar-refractivity contribution in [1.29, 1.82) is 0 Å². The lowest BCUT2D eigenvalue weighted by Crippen LogP contribution is -1.85. The summed E-state index contributed by atoms with van der Waals surface area (Å²) in [6.07, 6.45) is 2.07. The van der Waals surface area contributed by atoms with E-state index in [1.54, 1.807) is 12.1 Å². The van der Waals surface area contributed by atoms with Crippen LogP contribution in [0.4, 0.5) is 4.39 Å². The van der Waals surface area contributed by atoms with Gasteiger partial charge in [0.15, 0.2) is 11.6 Å². The molecule has 0 bridgehead atoms. The number of aryl methyl sites for hydroxylation is 1. The highest BCUT2D eigenvalue weighted by molar-refractivity contribution is 5.85. The molecule has 0 aromatic heterocycles. The Morgan fingerprint density at radius 1 is 1.20 bits per heavy atom. The van der Waals surface area contributed by atoms with Gasteiger partial charge in [0.25, 0.3) is 0 Å². The predicted molar refractivity (Wildman–Crippen MR) is 59.6 cm³/mol. The van der Waals surface area contributed by atoms with Crippen LogP contribution in [0.2, 0.25) is 0 Å². The van der Waals surface area contributed by atoms with Gasteiger partial charge >= 0.3 is 0 Å². The lowest BCUT2D eigenvalue weighted by Gasteiger charge is -2.04. The van der Waals surface area contributed by atoms with Crippen LogP contribution in [-0.2, 0) is 6.42 Å². The van der Waals surface area contributed by atoms with Crippen molar-refractivity contribution in [2.75, 3.05) is 0 Å². The van der Waals surface area contributed by atoms with Crippen molar-refractivity contribution in [3.63, 3.8) is 0 Å². The van der Waals surface area contributed by atoms with Crippen LogP contribution >= 0.6 is 0 Å². The first-order chi connectivity index (χ1) is 7.22. The Balaban J connectivity index is 2.59. The first-order valence-corrected chi connectivity index (χ1v) is 5.12. The van der Waals surface area contributed by atoms with E-state index in [1.807, 2.05) is 12.1 Å². The Bertz CT molecular complexity index is 491. The van der Waals surface area contributed by atoms with Crippen molar-refractivity contribution in [2.24, 2.45) is 0 Å². The van der Waals surface area contributed by atoms with Crippen LogP contribution in [0.5, 0.6) is 5.75 Å². The maximum absolute atomic E-state index is 13.5. The van der Waals surface area contributed by atoms with Gasteiger partial charge in [-0.25, -0.2) is 4.39 Å². The second-order valence-corrected chi connectivity index (χ2v) is 3.70. The molecule has 1 nitrogen and oxygen atoms in total. The Hall–Kier alpha value is -1.57. The van der Waals surface area contributed by atoms with Gasteiger partial charge in [-0.3, -0.25) is 0 Å². The first kappa shape index (κ1) is 9.97. The van der Waals surface area contributed by atoms with Gasteiger partial charge in [-0.2, -0.15) is 0 Å². The summed E-state index contributed by atoms with van der Waals surface area (Å²) >= 11 is 0. The van der Waals surface area contributed by atoms with Gasteiger partial charge < -0.3 is 5.11 Å². The summed E-state index contributed by atoms with van der Waals surface area (Å²) < 4.78 is 13.5. The fourth-order valence-corrected chi connectivity index (χ4v) is 1.77. The summed E-state index contributed by atoms with van der Waals surface area (Å²) in [6.45, 7) is 2.11. The molecule has 0 saturated carbocycles. The molecule has 15 heavy (non-hydrogen) atoms. The molecule has 2 aromatic rings. The number of phenolic OH excluding ortho intramolecular Hbond substituents is 1. The van der Waals surface area contributed by atoms with Crippen LogP contribution in [0.25, 0.3) is 10.8 Å². The van der Waals surface area contributed by atoms with E-state index in [1.165, 1.54) is 11.6 Å². The lowest BCUT2D eigenvalue weighted by molar-refractivity contribution is 0.436. The quantitative estimate of drug-likeness (QED) is 0.791. The van der Waals surface area contributed by atoms with Gasteiger partial charge in [-0.15, -0.1) is 0 Å². The van der Waals surface area contributed by atoms with Gasteiger partial charge in [0, 0.05) is 5.39 Å². The smallest absolute Gasteiger partial charge is 0.172 e. The van der Waals surface area contributed by atoms with Gasteiger partial charge in [-0.05, 0) is 23.4 Å². The minimum Gasteiger partial charge on any atom is -0.505 e. The summed E-state index contributed by atoms with van der Waals surface area (Å²) in [6, 6.07) is 8.76. The molecule has 2 heteroatoms. The minimum absolute atomic E-state index is 0.286. The maximum Gasteiger partial charge on any atom is 0.172 e. The number of aromatic hydroxyl groups is 1. The van der Waals surface area contributed by atoms with Crippen molar-refractivity contribution in [1.82, 2.24) is 0 Å². The van der Waals surface area contributed by atoms with Crippen LogP contribution in [-0.4, -0.2) is 5.11 Å². The van der Waals surface area contributed by atoms with E-state index < -0.39 is 5.82 Å². The molecule has 0 atom stereocenters. The SMILES string of the molecule is CCCc1ccc2c(F)c(O)ccc2c1. The van der Waals surface area contributed by atoms with Crippen LogP contribution < -0.4 is 0 Å². The second-order valence-electron chi connectivity index (χ2n) is 3.70. The molecule has 0 spiro atoms. The first-order valence-electron chi connectivity index (χ1n) is 5.12. The molecule has 0 fully saturated rings. The fourth-order valence-electron chi connectivity index (χ4n) is 1.77. The monoisotopic (exact) mass is 204 g/mol. The third-order valence-electron chi connectivity index (χ3n) is 2.54. The Kier molecular flexibility index (Phi) is 2.58. The topological polar surface area (TPSA) is 20.2 Å². The molecule has 0 radical (unpaired) electrons. The van der Waals surface area contributed by atoms with Crippen molar-refractivity contribution < 1.29 is 9.50 Å². The average molecular weight is 204 g/mol. The molecule has 2 rings (SSSR count). The Morgan fingerprint density at radius 3 is 2.73 bits per heavy atom. The van der Waals surface area contributed by atoms with E-state index in [0.717, 1.165) is 18.2 Å². The lowest BCUT2D eigenvalue weighted by atomic mass is 10.0. The van der Waals surface area contributed by atoms with Gasteiger partial charge in [0.2, 0.25) is 0 Å². The van der Waals surface area contributed by atoms with E-state index in [2.05, 4.69) is 6.92 Å². The fraction of sp³-hybridized carbons (Fsp3) is 0.231. The predicted octanol–water partition coefficient (Wildman–Crippen LogP) is 3.64. The summed E-state index contributed by atoms with van der Waals surface area (Å²) in [5, 5.41) is 10.5. The number of phenols is 1. The van der Waals surface area contributed by atoms with Crippen LogP contribution in [0.3, 0.4) is 0 Å². The van der Waals surface area contributed by atoms with Gasteiger partial charge in [0.1, 0.15) is 0 Å². The molecule has 78 valence electrons. The summed E-state index contributed by atoms with van der Waals surface area (Å²) in [5.74, 6) is -0.818. The molecule has 0 aliphatic heterocycles. The van der Waals surface area contributed by atoms with E-state index in [-0.39, 0.29) is 5.75 Å². The van der Waals surface area contributed by atoms with Crippen LogP contribution in [0.1, 0.15) is 18.9 Å². The third kappa shape index (κ3) is 1.80. The highest BCUT2D eigenvalue weighted by Crippen LogP contribution is 2.26. The summed E-state index contributed by atoms with van der Waals surface area (Å²) in [4.78, 5) is 0. The zero-order valence-electron chi connectivity index (χ0n) is 8.63. The Labute approximate surface area is 88.2 Å². The van der Waals surface area contributed by atoms with Crippen molar-refractivity contribution in [2.45, 2.75) is 19.8 Å². The Morgan fingerprint density at radius 2 is 2.00 bits per heavy atom. The normalized spacial score (nSPS) is 10.8.